The molecule has 0 radical (unpaired) electrons. The zero-order valence-corrected chi connectivity index (χ0v) is 14.3. The number of halogens is 3. The number of hydrogen-bond acceptors (Lipinski definition) is 2. The van der Waals surface area contributed by atoms with Crippen molar-refractivity contribution >= 4 is 11.9 Å². The Bertz CT molecular complexity index is 685. The third-order valence-corrected chi connectivity index (χ3v) is 5.31. The van der Waals surface area contributed by atoms with E-state index in [4.69, 9.17) is 0 Å². The number of carboxylic acid groups (broad SMARTS) is 1. The Kier molecular flexibility index (Phi) is 5.25. The summed E-state index contributed by atoms with van der Waals surface area (Å²) in [6.45, 7) is -0.0760. The Labute approximate surface area is 150 Å². The van der Waals surface area contributed by atoms with Crippen molar-refractivity contribution in [2.75, 3.05) is 0 Å². The molecule has 2 atom stereocenters. The highest BCUT2D eigenvalue weighted by Crippen LogP contribution is 2.37. The quantitative estimate of drug-likeness (QED) is 0.851. The average molecular weight is 369 g/mol. The second kappa shape index (κ2) is 7.29. The number of carbonyl (C=O) groups is 2. The molecule has 26 heavy (non-hydrogen) atoms. The van der Waals surface area contributed by atoms with Crippen molar-refractivity contribution in [3.63, 3.8) is 0 Å². The summed E-state index contributed by atoms with van der Waals surface area (Å²) in [5.74, 6) is -2.05. The lowest BCUT2D eigenvalue weighted by Gasteiger charge is -2.32. The van der Waals surface area contributed by atoms with Crippen molar-refractivity contribution in [1.82, 2.24) is 4.90 Å². The number of hydrogen-bond donors (Lipinski definition) is 1. The van der Waals surface area contributed by atoms with Gasteiger partial charge in [-0.1, -0.05) is 24.6 Å². The number of carboxylic acids is 1. The molecule has 1 aromatic carbocycles. The highest BCUT2D eigenvalue weighted by Gasteiger charge is 2.40. The molecular formula is C19H22F3NO3. The number of benzene rings is 1. The van der Waals surface area contributed by atoms with Crippen LogP contribution in [0.2, 0.25) is 0 Å². The molecule has 4 nitrogen and oxygen atoms in total. The first kappa shape index (κ1) is 18.7. The van der Waals surface area contributed by atoms with Gasteiger partial charge in [0.25, 0.3) is 0 Å². The molecule has 1 aromatic rings. The number of rotatable bonds is 5. The van der Waals surface area contributed by atoms with Gasteiger partial charge in [0, 0.05) is 18.5 Å². The first-order chi connectivity index (χ1) is 12.3. The van der Waals surface area contributed by atoms with Crippen LogP contribution in [0.4, 0.5) is 13.2 Å². The van der Waals surface area contributed by atoms with Crippen LogP contribution < -0.4 is 0 Å². The van der Waals surface area contributed by atoms with Gasteiger partial charge in [0.05, 0.1) is 11.5 Å². The minimum absolute atomic E-state index is 0.0333. The van der Waals surface area contributed by atoms with E-state index in [1.165, 1.54) is 12.1 Å². The number of carbonyl (C=O) groups excluding carboxylic acids is 1. The molecule has 2 unspecified atom stereocenters. The molecule has 2 saturated carbocycles. The molecule has 3 rings (SSSR count). The van der Waals surface area contributed by atoms with Gasteiger partial charge in [-0.05, 0) is 43.7 Å². The second-order valence-corrected chi connectivity index (χ2v) is 7.25. The molecule has 0 bridgehead atoms. The summed E-state index contributed by atoms with van der Waals surface area (Å²) in [7, 11) is 0. The maximum Gasteiger partial charge on any atom is 0.416 e. The lowest BCUT2D eigenvalue weighted by molar-refractivity contribution is -0.146. The monoisotopic (exact) mass is 369 g/mol. The summed E-state index contributed by atoms with van der Waals surface area (Å²) < 4.78 is 39.7. The lowest BCUT2D eigenvalue weighted by atomic mass is 9.80. The van der Waals surface area contributed by atoms with Crippen LogP contribution in [0.25, 0.3) is 0 Å². The molecular weight excluding hydrogens is 347 g/mol. The van der Waals surface area contributed by atoms with Crippen molar-refractivity contribution in [2.24, 2.45) is 11.8 Å². The van der Waals surface area contributed by atoms with E-state index in [-0.39, 0.29) is 30.5 Å². The molecule has 0 heterocycles. The summed E-state index contributed by atoms with van der Waals surface area (Å²) in [5, 5.41) is 9.21. The Hall–Kier alpha value is -2.05. The summed E-state index contributed by atoms with van der Waals surface area (Å²) >= 11 is 0. The Morgan fingerprint density at radius 1 is 1.08 bits per heavy atom. The molecule has 1 amide bonds. The van der Waals surface area contributed by atoms with Gasteiger partial charge < -0.3 is 10.0 Å². The van der Waals surface area contributed by atoms with Crippen LogP contribution in [0.3, 0.4) is 0 Å². The highest BCUT2D eigenvalue weighted by atomic mass is 19.4. The summed E-state index contributed by atoms with van der Waals surface area (Å²) in [6, 6.07) is 5.29. The van der Waals surface area contributed by atoms with Gasteiger partial charge in [-0.2, -0.15) is 13.2 Å². The number of nitrogens with zero attached hydrogens (tertiary/aromatic N) is 1. The van der Waals surface area contributed by atoms with Gasteiger partial charge in [-0.15, -0.1) is 0 Å². The van der Waals surface area contributed by atoms with Crippen LogP contribution in [-0.2, 0) is 22.3 Å². The molecule has 7 heteroatoms. The Morgan fingerprint density at radius 3 is 2.35 bits per heavy atom. The normalized spacial score (nSPS) is 23.5. The van der Waals surface area contributed by atoms with E-state index in [1.54, 1.807) is 11.0 Å². The third-order valence-electron chi connectivity index (χ3n) is 5.31. The number of alkyl halides is 3. The molecule has 2 fully saturated rings. The molecule has 0 aromatic heterocycles. The van der Waals surface area contributed by atoms with E-state index < -0.39 is 29.5 Å². The highest BCUT2D eigenvalue weighted by molar-refractivity contribution is 5.81. The van der Waals surface area contributed by atoms with Crippen LogP contribution in [0.5, 0.6) is 0 Å². The van der Waals surface area contributed by atoms with Crippen molar-refractivity contribution in [3.8, 4) is 0 Å². The third kappa shape index (κ3) is 4.19. The topological polar surface area (TPSA) is 57.6 Å². The molecule has 2 aliphatic rings. The standard InChI is InChI=1S/C19H22F3NO3/c20-19(21,22)16-7-2-1-4-14(16)11-23(15-8-9-15)17(24)12-5-3-6-13(10-12)18(25)26/h1-2,4,7,12-13,15H,3,5-6,8-11H2,(H,25,26). The first-order valence-electron chi connectivity index (χ1n) is 8.95. The van der Waals surface area contributed by atoms with Crippen LogP contribution in [-0.4, -0.2) is 27.9 Å². The zero-order valence-electron chi connectivity index (χ0n) is 14.3. The fourth-order valence-corrected chi connectivity index (χ4v) is 3.76. The predicted molar refractivity (Wildman–Crippen MR) is 88.1 cm³/mol. The predicted octanol–water partition coefficient (Wildman–Crippen LogP) is 4.09. The minimum Gasteiger partial charge on any atom is -0.481 e. The van der Waals surface area contributed by atoms with Gasteiger partial charge in [-0.25, -0.2) is 0 Å². The molecule has 142 valence electrons. The van der Waals surface area contributed by atoms with E-state index in [1.807, 2.05) is 0 Å². The molecule has 1 N–H and O–H groups in total. The van der Waals surface area contributed by atoms with Crippen LogP contribution in [0.1, 0.15) is 49.7 Å². The van der Waals surface area contributed by atoms with Crippen LogP contribution in [0.15, 0.2) is 24.3 Å². The van der Waals surface area contributed by atoms with Gasteiger partial charge in [0.2, 0.25) is 5.91 Å². The van der Waals surface area contributed by atoms with Crippen molar-refractivity contribution in [1.29, 1.82) is 0 Å². The Balaban J connectivity index is 1.78. The minimum atomic E-state index is -4.46. The SMILES string of the molecule is O=C(O)C1CCCC(C(=O)N(Cc2ccccc2C(F)(F)F)C2CC2)C1. The van der Waals surface area contributed by atoms with E-state index in [9.17, 15) is 27.9 Å². The van der Waals surface area contributed by atoms with Crippen LogP contribution in [0, 0.1) is 11.8 Å². The average Bonchev–Trinajstić information content (AvgIpc) is 3.43. The van der Waals surface area contributed by atoms with E-state index in [2.05, 4.69) is 0 Å². The maximum absolute atomic E-state index is 13.2. The number of amides is 1. The maximum atomic E-state index is 13.2. The van der Waals surface area contributed by atoms with Gasteiger partial charge in [0.1, 0.15) is 0 Å². The Morgan fingerprint density at radius 2 is 1.73 bits per heavy atom. The summed E-state index contributed by atoms with van der Waals surface area (Å²) in [6.07, 6.45) is -0.798. The van der Waals surface area contributed by atoms with Crippen molar-refractivity contribution < 1.29 is 27.9 Å². The van der Waals surface area contributed by atoms with Crippen LogP contribution >= 0.6 is 0 Å². The molecule has 0 aliphatic heterocycles. The van der Waals surface area contributed by atoms with E-state index in [0.717, 1.165) is 18.9 Å². The van der Waals surface area contributed by atoms with Gasteiger partial charge >= 0.3 is 12.1 Å². The molecule has 2 aliphatic carbocycles. The molecule has 0 saturated heterocycles. The van der Waals surface area contributed by atoms with Gasteiger partial charge in [-0.3, -0.25) is 9.59 Å². The van der Waals surface area contributed by atoms with Crippen molar-refractivity contribution in [3.05, 3.63) is 35.4 Å². The van der Waals surface area contributed by atoms with Gasteiger partial charge in [0.15, 0.2) is 0 Å². The summed E-state index contributed by atoms with van der Waals surface area (Å²) in [4.78, 5) is 25.7. The smallest absolute Gasteiger partial charge is 0.416 e. The van der Waals surface area contributed by atoms with Crippen molar-refractivity contribution in [2.45, 2.75) is 57.3 Å². The molecule has 0 spiro atoms. The van der Waals surface area contributed by atoms with E-state index in [0.29, 0.717) is 19.3 Å². The lowest BCUT2D eigenvalue weighted by Crippen LogP contribution is -2.40. The number of aliphatic carboxylic acids is 1. The second-order valence-electron chi connectivity index (χ2n) is 7.25. The fourth-order valence-electron chi connectivity index (χ4n) is 3.76. The zero-order chi connectivity index (χ0) is 18.9. The fraction of sp³-hybridized carbons (Fsp3) is 0.579. The summed E-state index contributed by atoms with van der Waals surface area (Å²) in [5.41, 5.74) is -0.628. The first-order valence-corrected chi connectivity index (χ1v) is 8.95. The van der Waals surface area contributed by atoms with E-state index >= 15 is 0 Å². The largest absolute Gasteiger partial charge is 0.481 e.